The average molecular weight is 399 g/mol. The van der Waals surface area contributed by atoms with Gasteiger partial charge in [-0.2, -0.15) is 0 Å². The van der Waals surface area contributed by atoms with Crippen LogP contribution in [-0.2, 0) is 9.53 Å². The highest BCUT2D eigenvalue weighted by atomic mass is 16.5. The van der Waals surface area contributed by atoms with Crippen LogP contribution in [0.5, 0.6) is 0 Å². The summed E-state index contributed by atoms with van der Waals surface area (Å²) < 4.78 is 11.3. The number of aryl methyl sites for hydroxylation is 1. The standard InChI is InChI=1S/C21H29N5O3/c1-16-3-5-18(6-4-16)21-23-22-20(29-21)17(2)25-7-9-26(10-8-25)19(27)15-24-11-13-28-14-12-24/h3-6,17H,7-15H2,1-2H3/t17-/m0/s1. The van der Waals surface area contributed by atoms with Gasteiger partial charge < -0.3 is 14.1 Å². The van der Waals surface area contributed by atoms with Crippen molar-refractivity contribution in [3.05, 3.63) is 35.7 Å². The zero-order chi connectivity index (χ0) is 20.2. The normalized spacial score (nSPS) is 20.0. The number of carbonyl (C=O) groups is 1. The van der Waals surface area contributed by atoms with E-state index in [2.05, 4.69) is 33.8 Å². The van der Waals surface area contributed by atoms with Crippen LogP contribution in [0.25, 0.3) is 11.5 Å². The third-order valence-corrected chi connectivity index (χ3v) is 5.77. The number of aromatic nitrogens is 2. The Kier molecular flexibility index (Phi) is 6.22. The molecule has 1 aromatic heterocycles. The molecule has 2 saturated heterocycles. The molecule has 2 aromatic rings. The van der Waals surface area contributed by atoms with E-state index >= 15 is 0 Å². The first-order valence-corrected chi connectivity index (χ1v) is 10.3. The Balaban J connectivity index is 1.30. The van der Waals surface area contributed by atoms with Crippen LogP contribution in [0, 0.1) is 6.92 Å². The second-order valence-corrected chi connectivity index (χ2v) is 7.79. The Morgan fingerprint density at radius 3 is 2.41 bits per heavy atom. The minimum Gasteiger partial charge on any atom is -0.419 e. The number of morpholine rings is 1. The summed E-state index contributed by atoms with van der Waals surface area (Å²) in [4.78, 5) is 19.0. The van der Waals surface area contributed by atoms with Crippen molar-refractivity contribution < 1.29 is 13.9 Å². The highest BCUT2D eigenvalue weighted by Crippen LogP contribution is 2.25. The van der Waals surface area contributed by atoms with Gasteiger partial charge in [-0.15, -0.1) is 10.2 Å². The molecule has 156 valence electrons. The zero-order valence-electron chi connectivity index (χ0n) is 17.2. The third-order valence-electron chi connectivity index (χ3n) is 5.77. The largest absolute Gasteiger partial charge is 0.419 e. The van der Waals surface area contributed by atoms with Crippen molar-refractivity contribution in [3.63, 3.8) is 0 Å². The van der Waals surface area contributed by atoms with Crippen LogP contribution in [0.3, 0.4) is 0 Å². The van der Waals surface area contributed by atoms with Crippen molar-refractivity contribution in [1.82, 2.24) is 24.9 Å². The van der Waals surface area contributed by atoms with Crippen molar-refractivity contribution in [2.24, 2.45) is 0 Å². The molecule has 1 amide bonds. The van der Waals surface area contributed by atoms with Crippen LogP contribution < -0.4 is 0 Å². The van der Waals surface area contributed by atoms with Crippen molar-refractivity contribution in [2.75, 3.05) is 59.0 Å². The first-order valence-electron chi connectivity index (χ1n) is 10.3. The van der Waals surface area contributed by atoms with Gasteiger partial charge >= 0.3 is 0 Å². The van der Waals surface area contributed by atoms with Gasteiger partial charge in [0.2, 0.25) is 17.7 Å². The number of rotatable bonds is 5. The molecule has 0 bridgehead atoms. The number of carbonyl (C=O) groups excluding carboxylic acids is 1. The molecule has 4 rings (SSSR count). The first kappa shape index (κ1) is 20.0. The number of nitrogens with zero attached hydrogens (tertiary/aromatic N) is 5. The van der Waals surface area contributed by atoms with Crippen molar-refractivity contribution >= 4 is 5.91 Å². The maximum Gasteiger partial charge on any atom is 0.247 e. The van der Waals surface area contributed by atoms with Gasteiger partial charge in [0.25, 0.3) is 0 Å². The summed E-state index contributed by atoms with van der Waals surface area (Å²) >= 11 is 0. The predicted octanol–water partition coefficient (Wildman–Crippen LogP) is 1.58. The molecule has 2 fully saturated rings. The molecule has 29 heavy (non-hydrogen) atoms. The Morgan fingerprint density at radius 1 is 1.03 bits per heavy atom. The average Bonchev–Trinajstić information content (AvgIpc) is 3.25. The van der Waals surface area contributed by atoms with Gasteiger partial charge in [-0.05, 0) is 26.0 Å². The van der Waals surface area contributed by atoms with E-state index in [-0.39, 0.29) is 11.9 Å². The van der Waals surface area contributed by atoms with E-state index in [0.717, 1.165) is 44.8 Å². The minimum atomic E-state index is 0.0261. The van der Waals surface area contributed by atoms with Crippen LogP contribution in [0.1, 0.15) is 24.4 Å². The third kappa shape index (κ3) is 4.83. The fourth-order valence-corrected chi connectivity index (χ4v) is 3.78. The van der Waals surface area contributed by atoms with Gasteiger partial charge in [0.1, 0.15) is 0 Å². The Bertz CT molecular complexity index is 808. The Hall–Kier alpha value is -2.29. The molecule has 3 heterocycles. The molecule has 0 N–H and O–H groups in total. The van der Waals surface area contributed by atoms with Gasteiger partial charge in [-0.3, -0.25) is 14.6 Å². The zero-order valence-corrected chi connectivity index (χ0v) is 17.2. The van der Waals surface area contributed by atoms with Crippen molar-refractivity contribution in [3.8, 4) is 11.5 Å². The quantitative estimate of drug-likeness (QED) is 0.756. The van der Waals surface area contributed by atoms with E-state index < -0.39 is 0 Å². The summed E-state index contributed by atoms with van der Waals surface area (Å²) in [6.45, 7) is 10.8. The van der Waals surface area contributed by atoms with Gasteiger partial charge in [0, 0.05) is 44.8 Å². The SMILES string of the molecule is Cc1ccc(-c2nnc([C@H](C)N3CCN(C(=O)CN4CCOCC4)CC3)o2)cc1. The fraction of sp³-hybridized carbons (Fsp3) is 0.571. The molecule has 2 aliphatic heterocycles. The topological polar surface area (TPSA) is 74.9 Å². The molecular formula is C21H29N5O3. The monoisotopic (exact) mass is 399 g/mol. The highest BCUT2D eigenvalue weighted by Gasteiger charge is 2.28. The Labute approximate surface area is 171 Å². The second-order valence-electron chi connectivity index (χ2n) is 7.79. The lowest BCUT2D eigenvalue weighted by Gasteiger charge is -2.38. The number of hydrogen-bond donors (Lipinski definition) is 0. The van der Waals surface area contributed by atoms with Crippen molar-refractivity contribution in [1.29, 1.82) is 0 Å². The number of ether oxygens (including phenoxy) is 1. The van der Waals surface area contributed by atoms with E-state index in [1.807, 2.05) is 29.2 Å². The van der Waals surface area contributed by atoms with E-state index in [1.165, 1.54) is 5.56 Å². The number of hydrogen-bond acceptors (Lipinski definition) is 7. The molecule has 8 nitrogen and oxygen atoms in total. The second kappa shape index (κ2) is 9.02. The molecule has 0 unspecified atom stereocenters. The predicted molar refractivity (Wildman–Crippen MR) is 108 cm³/mol. The molecular weight excluding hydrogens is 370 g/mol. The van der Waals surface area contributed by atoms with Crippen molar-refractivity contribution in [2.45, 2.75) is 19.9 Å². The first-order chi connectivity index (χ1) is 14.1. The van der Waals surface area contributed by atoms with E-state index in [4.69, 9.17) is 9.15 Å². The summed E-state index contributed by atoms with van der Waals surface area (Å²) in [5, 5.41) is 8.48. The summed E-state index contributed by atoms with van der Waals surface area (Å²) in [6.07, 6.45) is 0. The molecule has 1 atom stereocenters. The summed E-state index contributed by atoms with van der Waals surface area (Å²) in [5.41, 5.74) is 2.13. The van der Waals surface area contributed by atoms with Gasteiger partial charge in [0.15, 0.2) is 0 Å². The molecule has 2 aliphatic rings. The number of benzene rings is 1. The minimum absolute atomic E-state index is 0.0261. The smallest absolute Gasteiger partial charge is 0.247 e. The van der Waals surface area contributed by atoms with Crippen LogP contribution in [0.4, 0.5) is 0 Å². The van der Waals surface area contributed by atoms with E-state index in [9.17, 15) is 4.79 Å². The molecule has 1 aromatic carbocycles. The molecule has 0 spiro atoms. The van der Waals surface area contributed by atoms with Gasteiger partial charge in [-0.25, -0.2) is 0 Å². The van der Waals surface area contributed by atoms with Crippen LogP contribution in [0.2, 0.25) is 0 Å². The molecule has 0 aliphatic carbocycles. The van der Waals surface area contributed by atoms with E-state index in [1.54, 1.807) is 0 Å². The maximum absolute atomic E-state index is 12.6. The summed E-state index contributed by atoms with van der Waals surface area (Å²) in [7, 11) is 0. The van der Waals surface area contributed by atoms with Gasteiger partial charge in [0.05, 0.1) is 25.8 Å². The molecule has 0 radical (unpaired) electrons. The molecule has 0 saturated carbocycles. The van der Waals surface area contributed by atoms with Crippen LogP contribution in [-0.4, -0.2) is 89.8 Å². The fourth-order valence-electron chi connectivity index (χ4n) is 3.78. The molecule has 8 heteroatoms. The van der Waals surface area contributed by atoms with Crippen LogP contribution >= 0.6 is 0 Å². The summed E-state index contributed by atoms with van der Waals surface area (Å²) in [6, 6.07) is 8.09. The maximum atomic E-state index is 12.6. The van der Waals surface area contributed by atoms with Crippen LogP contribution in [0.15, 0.2) is 28.7 Å². The number of amides is 1. The summed E-state index contributed by atoms with van der Waals surface area (Å²) in [5.74, 6) is 1.37. The lowest BCUT2D eigenvalue weighted by molar-refractivity contribution is -0.135. The van der Waals surface area contributed by atoms with Gasteiger partial charge in [-0.1, -0.05) is 17.7 Å². The Morgan fingerprint density at radius 2 is 1.72 bits per heavy atom. The lowest BCUT2D eigenvalue weighted by atomic mass is 10.1. The highest BCUT2D eigenvalue weighted by molar-refractivity contribution is 5.78. The number of piperazine rings is 1. The van der Waals surface area contributed by atoms with E-state index in [0.29, 0.717) is 31.5 Å². The lowest BCUT2D eigenvalue weighted by Crippen LogP contribution is -2.52.